The van der Waals surface area contributed by atoms with Crippen LogP contribution in [0.5, 0.6) is 0 Å². The van der Waals surface area contributed by atoms with Crippen LogP contribution in [0.15, 0.2) is 18.2 Å². The van der Waals surface area contributed by atoms with Crippen molar-refractivity contribution in [3.05, 3.63) is 34.3 Å². The summed E-state index contributed by atoms with van der Waals surface area (Å²) in [7, 11) is 0. The van der Waals surface area contributed by atoms with Crippen molar-refractivity contribution in [2.45, 2.75) is 50.5 Å². The fourth-order valence-electron chi connectivity index (χ4n) is 3.01. The van der Waals surface area contributed by atoms with E-state index >= 15 is 0 Å². The summed E-state index contributed by atoms with van der Waals surface area (Å²) in [6.45, 7) is -0.106. The Labute approximate surface area is 142 Å². The number of nitrogens with zero attached hydrogens (tertiary/aromatic N) is 1. The van der Waals surface area contributed by atoms with Crippen molar-refractivity contribution in [2.75, 3.05) is 0 Å². The first kappa shape index (κ1) is 17.1. The lowest BCUT2D eigenvalue weighted by atomic mass is 10.1. The quantitative estimate of drug-likeness (QED) is 0.896. The number of hydrogen-bond donors (Lipinski definition) is 1. The van der Waals surface area contributed by atoms with Gasteiger partial charge in [-0.2, -0.15) is 13.2 Å². The minimum Gasteiger partial charge on any atom is -0.350 e. The summed E-state index contributed by atoms with van der Waals surface area (Å²) in [6, 6.07) is 3.20. The van der Waals surface area contributed by atoms with Crippen LogP contribution in [0.4, 0.5) is 13.2 Å². The van der Waals surface area contributed by atoms with Crippen LogP contribution in [-0.2, 0) is 22.3 Å². The average Bonchev–Trinajstić information content (AvgIpc) is 3.27. The van der Waals surface area contributed by atoms with Crippen LogP contribution in [0.2, 0.25) is 5.02 Å². The van der Waals surface area contributed by atoms with Crippen molar-refractivity contribution in [3.8, 4) is 0 Å². The van der Waals surface area contributed by atoms with E-state index in [9.17, 15) is 22.8 Å². The van der Waals surface area contributed by atoms with Gasteiger partial charge in [0.25, 0.3) is 0 Å². The monoisotopic (exact) mass is 360 g/mol. The van der Waals surface area contributed by atoms with Crippen LogP contribution >= 0.6 is 11.6 Å². The first-order valence-corrected chi connectivity index (χ1v) is 8.10. The Morgan fingerprint density at radius 2 is 2.00 bits per heavy atom. The zero-order chi connectivity index (χ0) is 17.5. The third-order valence-corrected chi connectivity index (χ3v) is 4.78. The SMILES string of the molecule is O=C(NCc1cccc(C(F)(F)F)c1Cl)[C@@H]1CCC(=O)N1C1CC1. The summed E-state index contributed by atoms with van der Waals surface area (Å²) in [5.41, 5.74) is -0.728. The molecule has 8 heteroatoms. The van der Waals surface area contributed by atoms with E-state index in [1.54, 1.807) is 4.90 Å². The number of hydrogen-bond acceptors (Lipinski definition) is 2. The molecular formula is C16H16ClF3N2O2. The summed E-state index contributed by atoms with van der Waals surface area (Å²) >= 11 is 5.81. The molecule has 1 saturated heterocycles. The van der Waals surface area contributed by atoms with E-state index in [4.69, 9.17) is 11.6 Å². The predicted molar refractivity (Wildman–Crippen MR) is 81.2 cm³/mol. The van der Waals surface area contributed by atoms with E-state index < -0.39 is 22.8 Å². The van der Waals surface area contributed by atoms with Crippen molar-refractivity contribution < 1.29 is 22.8 Å². The van der Waals surface area contributed by atoms with Crippen molar-refractivity contribution in [2.24, 2.45) is 0 Å². The Balaban J connectivity index is 1.68. The number of alkyl halides is 3. The second-order valence-electron chi connectivity index (χ2n) is 6.08. The largest absolute Gasteiger partial charge is 0.417 e. The molecule has 1 heterocycles. The van der Waals surface area contributed by atoms with Crippen molar-refractivity contribution in [3.63, 3.8) is 0 Å². The van der Waals surface area contributed by atoms with Crippen LogP contribution in [0.3, 0.4) is 0 Å². The predicted octanol–water partition coefficient (Wildman–Crippen LogP) is 3.13. The van der Waals surface area contributed by atoms with Gasteiger partial charge in [0.15, 0.2) is 0 Å². The van der Waals surface area contributed by atoms with Gasteiger partial charge in [-0.25, -0.2) is 0 Å². The first-order chi connectivity index (χ1) is 11.3. The summed E-state index contributed by atoms with van der Waals surface area (Å²) in [5, 5.41) is 2.20. The van der Waals surface area contributed by atoms with Crippen molar-refractivity contribution >= 4 is 23.4 Å². The van der Waals surface area contributed by atoms with E-state index in [-0.39, 0.29) is 30.0 Å². The van der Waals surface area contributed by atoms with E-state index in [0.717, 1.165) is 18.9 Å². The zero-order valence-corrected chi connectivity index (χ0v) is 13.5. The maximum absolute atomic E-state index is 12.8. The molecule has 0 spiro atoms. The number of amides is 2. The van der Waals surface area contributed by atoms with Gasteiger partial charge in [0.1, 0.15) is 6.04 Å². The molecular weight excluding hydrogens is 345 g/mol. The Morgan fingerprint density at radius 3 is 2.62 bits per heavy atom. The van der Waals surface area contributed by atoms with Gasteiger partial charge in [-0.1, -0.05) is 23.7 Å². The van der Waals surface area contributed by atoms with Crippen molar-refractivity contribution in [1.82, 2.24) is 10.2 Å². The fourth-order valence-corrected chi connectivity index (χ4v) is 3.31. The molecule has 130 valence electrons. The maximum atomic E-state index is 12.8. The number of halogens is 4. The van der Waals surface area contributed by atoms with Gasteiger partial charge in [0.2, 0.25) is 11.8 Å². The molecule has 1 N–H and O–H groups in total. The van der Waals surface area contributed by atoms with E-state index in [0.29, 0.717) is 12.8 Å². The van der Waals surface area contributed by atoms with Gasteiger partial charge in [-0.05, 0) is 30.9 Å². The lowest BCUT2D eigenvalue weighted by Gasteiger charge is -2.24. The molecule has 2 fully saturated rings. The van der Waals surface area contributed by atoms with Crippen LogP contribution < -0.4 is 5.32 Å². The van der Waals surface area contributed by atoms with Gasteiger partial charge >= 0.3 is 6.18 Å². The number of likely N-dealkylation sites (tertiary alicyclic amines) is 1. The number of rotatable bonds is 4. The third kappa shape index (κ3) is 3.36. The van der Waals surface area contributed by atoms with Gasteiger partial charge in [-0.15, -0.1) is 0 Å². The number of carbonyl (C=O) groups excluding carboxylic acids is 2. The molecule has 1 saturated carbocycles. The van der Waals surface area contributed by atoms with Gasteiger partial charge in [-0.3, -0.25) is 9.59 Å². The summed E-state index contributed by atoms with van der Waals surface area (Å²) in [6.07, 6.45) is -1.97. The molecule has 1 aliphatic carbocycles. The Morgan fingerprint density at radius 1 is 1.29 bits per heavy atom. The van der Waals surface area contributed by atoms with Gasteiger partial charge in [0.05, 0.1) is 10.6 Å². The maximum Gasteiger partial charge on any atom is 0.417 e. The zero-order valence-electron chi connectivity index (χ0n) is 12.7. The molecule has 1 aromatic carbocycles. The number of nitrogens with one attached hydrogen (secondary N) is 1. The average molecular weight is 361 g/mol. The molecule has 0 unspecified atom stereocenters. The lowest BCUT2D eigenvalue weighted by Crippen LogP contribution is -2.45. The molecule has 1 atom stereocenters. The Kier molecular flexibility index (Phi) is 4.46. The summed E-state index contributed by atoms with van der Waals surface area (Å²) < 4.78 is 38.5. The molecule has 1 aliphatic heterocycles. The van der Waals surface area contributed by atoms with Crippen LogP contribution in [0, 0.1) is 0 Å². The summed E-state index contributed by atoms with van der Waals surface area (Å²) in [5.74, 6) is -0.379. The molecule has 1 aromatic rings. The Hall–Kier alpha value is -1.76. The molecule has 2 aliphatic rings. The number of carbonyl (C=O) groups is 2. The molecule has 0 radical (unpaired) electrons. The van der Waals surface area contributed by atoms with Gasteiger partial charge < -0.3 is 10.2 Å². The number of benzene rings is 1. The van der Waals surface area contributed by atoms with E-state index in [1.807, 2.05) is 0 Å². The first-order valence-electron chi connectivity index (χ1n) is 7.72. The fraction of sp³-hybridized carbons (Fsp3) is 0.500. The molecule has 4 nitrogen and oxygen atoms in total. The standard InChI is InChI=1S/C16H16ClF3N2O2/c17-14-9(2-1-3-11(14)16(18,19)20)8-21-15(24)12-6-7-13(23)22(12)10-4-5-10/h1-3,10,12H,4-8H2,(H,21,24)/t12-/m0/s1. The highest BCUT2D eigenvalue weighted by molar-refractivity contribution is 6.32. The smallest absolute Gasteiger partial charge is 0.350 e. The van der Waals surface area contributed by atoms with E-state index in [2.05, 4.69) is 5.32 Å². The van der Waals surface area contributed by atoms with Crippen LogP contribution in [0.1, 0.15) is 36.8 Å². The molecule has 2 amide bonds. The second-order valence-corrected chi connectivity index (χ2v) is 6.46. The normalized spacial score (nSPS) is 21.2. The van der Waals surface area contributed by atoms with E-state index in [1.165, 1.54) is 12.1 Å². The lowest BCUT2D eigenvalue weighted by molar-refractivity contribution is -0.137. The molecule has 0 aromatic heterocycles. The second kappa shape index (κ2) is 6.27. The molecule has 24 heavy (non-hydrogen) atoms. The molecule has 0 bridgehead atoms. The highest BCUT2D eigenvalue weighted by Crippen LogP contribution is 2.36. The topological polar surface area (TPSA) is 49.4 Å². The Bertz CT molecular complexity index is 674. The van der Waals surface area contributed by atoms with Crippen LogP contribution in [-0.4, -0.2) is 28.8 Å². The highest BCUT2D eigenvalue weighted by Gasteiger charge is 2.44. The summed E-state index contributed by atoms with van der Waals surface area (Å²) in [4.78, 5) is 25.8. The highest BCUT2D eigenvalue weighted by atomic mass is 35.5. The van der Waals surface area contributed by atoms with Gasteiger partial charge in [0, 0.05) is 19.0 Å². The molecule has 3 rings (SSSR count). The minimum absolute atomic E-state index is 0.0326. The van der Waals surface area contributed by atoms with Crippen molar-refractivity contribution in [1.29, 1.82) is 0 Å². The minimum atomic E-state index is -4.54. The van der Waals surface area contributed by atoms with Crippen LogP contribution in [0.25, 0.3) is 0 Å². The third-order valence-electron chi connectivity index (χ3n) is 4.34.